The number of benzene rings is 1. The van der Waals surface area contributed by atoms with Crippen LogP contribution in [0.5, 0.6) is 0 Å². The molecule has 0 spiro atoms. The van der Waals surface area contributed by atoms with Crippen LogP contribution in [0.2, 0.25) is 0 Å². The lowest BCUT2D eigenvalue weighted by atomic mass is 10.2. The predicted octanol–water partition coefficient (Wildman–Crippen LogP) is 2.31. The monoisotopic (exact) mass is 370 g/mol. The average molecular weight is 370 g/mol. The Morgan fingerprint density at radius 1 is 1.19 bits per heavy atom. The summed E-state index contributed by atoms with van der Waals surface area (Å²) >= 11 is 0. The van der Waals surface area contributed by atoms with Crippen LogP contribution < -0.4 is 5.32 Å². The number of nitrogens with zero attached hydrogens (tertiary/aromatic N) is 5. The van der Waals surface area contributed by atoms with Crippen molar-refractivity contribution in [2.45, 2.75) is 25.9 Å². The Bertz CT molecular complexity index is 920. The molecule has 27 heavy (non-hydrogen) atoms. The van der Waals surface area contributed by atoms with Gasteiger partial charge in [-0.3, -0.25) is 9.48 Å². The smallest absolute Gasteiger partial charge is 0.247 e. The minimum Gasteiger partial charge on any atom is -0.419 e. The van der Waals surface area contributed by atoms with Crippen molar-refractivity contribution in [3.05, 3.63) is 48.4 Å². The third kappa shape index (κ3) is 4.13. The molecule has 1 fully saturated rings. The number of anilines is 1. The Morgan fingerprint density at radius 2 is 2.04 bits per heavy atom. The van der Waals surface area contributed by atoms with Crippen molar-refractivity contribution >= 4 is 11.6 Å². The molecule has 8 nitrogen and oxygen atoms in total. The maximum atomic E-state index is 13.0. The van der Waals surface area contributed by atoms with Crippen LogP contribution in [0.25, 0.3) is 11.5 Å². The molecule has 0 unspecified atom stereocenters. The van der Waals surface area contributed by atoms with Gasteiger partial charge in [-0.25, -0.2) is 4.39 Å². The molecular formula is C18H19FN6O2. The van der Waals surface area contributed by atoms with Gasteiger partial charge in [0, 0.05) is 31.3 Å². The van der Waals surface area contributed by atoms with E-state index in [4.69, 9.17) is 4.42 Å². The number of nitrogens with one attached hydrogen (secondary N) is 1. The molecule has 2 aromatic heterocycles. The maximum absolute atomic E-state index is 13.0. The first-order valence-electron chi connectivity index (χ1n) is 8.80. The number of rotatable bonds is 7. The fraction of sp³-hybridized carbons (Fsp3) is 0.333. The first-order valence-corrected chi connectivity index (χ1v) is 8.80. The Labute approximate surface area is 155 Å². The number of amides is 1. The topological polar surface area (TPSA) is 89.1 Å². The van der Waals surface area contributed by atoms with E-state index in [-0.39, 0.29) is 11.7 Å². The Hall–Kier alpha value is -3.23. The van der Waals surface area contributed by atoms with E-state index in [0.29, 0.717) is 43.4 Å². The number of hydrogen-bond donors (Lipinski definition) is 1. The molecular weight excluding hydrogens is 351 g/mol. The molecule has 0 atom stereocenters. The molecule has 1 saturated heterocycles. The van der Waals surface area contributed by atoms with Gasteiger partial charge in [0.25, 0.3) is 0 Å². The molecule has 3 heterocycles. The van der Waals surface area contributed by atoms with Crippen molar-refractivity contribution in [2.24, 2.45) is 0 Å². The summed E-state index contributed by atoms with van der Waals surface area (Å²) in [6, 6.07) is 5.88. The minimum absolute atomic E-state index is 0.217. The number of likely N-dealkylation sites (tertiary alicyclic amines) is 1. The van der Waals surface area contributed by atoms with Crippen molar-refractivity contribution < 1.29 is 13.6 Å². The Balaban J connectivity index is 1.30. The summed E-state index contributed by atoms with van der Waals surface area (Å²) < 4.78 is 20.4. The van der Waals surface area contributed by atoms with E-state index in [1.807, 2.05) is 11.1 Å². The summed E-state index contributed by atoms with van der Waals surface area (Å²) in [5.74, 6) is 0.669. The molecule has 9 heteroatoms. The highest BCUT2D eigenvalue weighted by Crippen LogP contribution is 2.18. The van der Waals surface area contributed by atoms with Crippen LogP contribution in [-0.2, 0) is 17.9 Å². The van der Waals surface area contributed by atoms with Crippen LogP contribution in [0.1, 0.15) is 18.7 Å². The lowest BCUT2D eigenvalue weighted by Gasteiger charge is -2.14. The molecule has 1 aromatic carbocycles. The lowest BCUT2D eigenvalue weighted by molar-refractivity contribution is -0.127. The first kappa shape index (κ1) is 17.2. The normalized spacial score (nSPS) is 14.1. The molecule has 1 N–H and O–H groups in total. The fourth-order valence-electron chi connectivity index (χ4n) is 2.95. The third-order valence-corrected chi connectivity index (χ3v) is 4.41. The van der Waals surface area contributed by atoms with Gasteiger partial charge >= 0.3 is 0 Å². The van der Waals surface area contributed by atoms with E-state index in [2.05, 4.69) is 20.6 Å². The molecule has 0 aliphatic carbocycles. The predicted molar refractivity (Wildman–Crippen MR) is 95.1 cm³/mol. The van der Waals surface area contributed by atoms with Crippen molar-refractivity contribution in [1.29, 1.82) is 0 Å². The van der Waals surface area contributed by atoms with E-state index < -0.39 is 0 Å². The van der Waals surface area contributed by atoms with Crippen LogP contribution in [-0.4, -0.2) is 43.9 Å². The molecule has 1 aliphatic rings. The Kier molecular flexibility index (Phi) is 4.82. The van der Waals surface area contributed by atoms with Gasteiger partial charge in [0.05, 0.1) is 25.0 Å². The molecule has 0 radical (unpaired) electrons. The van der Waals surface area contributed by atoms with E-state index in [0.717, 1.165) is 18.7 Å². The van der Waals surface area contributed by atoms with Crippen LogP contribution >= 0.6 is 0 Å². The highest BCUT2D eigenvalue weighted by Gasteiger charge is 2.19. The summed E-state index contributed by atoms with van der Waals surface area (Å²) in [7, 11) is 0. The van der Waals surface area contributed by atoms with E-state index >= 15 is 0 Å². The van der Waals surface area contributed by atoms with Crippen LogP contribution in [0.15, 0.2) is 41.1 Å². The SMILES string of the molecule is O=C1CCCN1CCn1cc(NCc2nnc(-c3ccc(F)cc3)o2)cn1. The number of aromatic nitrogens is 4. The fourth-order valence-corrected chi connectivity index (χ4v) is 2.95. The second-order valence-corrected chi connectivity index (χ2v) is 6.34. The van der Waals surface area contributed by atoms with Gasteiger partial charge in [-0.15, -0.1) is 10.2 Å². The third-order valence-electron chi connectivity index (χ3n) is 4.41. The van der Waals surface area contributed by atoms with Crippen molar-refractivity contribution in [3.8, 4) is 11.5 Å². The maximum Gasteiger partial charge on any atom is 0.247 e. The Morgan fingerprint density at radius 3 is 2.81 bits per heavy atom. The van der Waals surface area contributed by atoms with E-state index in [9.17, 15) is 9.18 Å². The number of carbonyl (C=O) groups excluding carboxylic acids is 1. The lowest BCUT2D eigenvalue weighted by Crippen LogP contribution is -2.28. The second kappa shape index (κ2) is 7.56. The van der Waals surface area contributed by atoms with Gasteiger partial charge in [-0.1, -0.05) is 0 Å². The number of carbonyl (C=O) groups is 1. The molecule has 1 aliphatic heterocycles. The van der Waals surface area contributed by atoms with Crippen LogP contribution in [0.3, 0.4) is 0 Å². The van der Waals surface area contributed by atoms with E-state index in [1.54, 1.807) is 23.0 Å². The van der Waals surface area contributed by atoms with Gasteiger partial charge in [0.2, 0.25) is 17.7 Å². The molecule has 0 bridgehead atoms. The molecule has 3 aromatic rings. The molecule has 0 saturated carbocycles. The second-order valence-electron chi connectivity index (χ2n) is 6.34. The standard InChI is InChI=1S/C18H19FN6O2/c19-14-5-3-13(4-6-14)18-23-22-16(27-18)11-20-15-10-21-25(12-15)9-8-24-7-1-2-17(24)26/h3-6,10,12,20H,1-2,7-9,11H2. The molecule has 1 amide bonds. The van der Waals surface area contributed by atoms with Gasteiger partial charge in [0.1, 0.15) is 5.82 Å². The van der Waals surface area contributed by atoms with Crippen molar-refractivity contribution in [2.75, 3.05) is 18.4 Å². The summed E-state index contributed by atoms with van der Waals surface area (Å²) in [4.78, 5) is 13.5. The van der Waals surface area contributed by atoms with Crippen LogP contribution in [0, 0.1) is 5.82 Å². The van der Waals surface area contributed by atoms with Gasteiger partial charge in [0.15, 0.2) is 0 Å². The largest absolute Gasteiger partial charge is 0.419 e. The van der Waals surface area contributed by atoms with Gasteiger partial charge in [-0.2, -0.15) is 5.10 Å². The number of halogens is 1. The highest BCUT2D eigenvalue weighted by molar-refractivity contribution is 5.77. The minimum atomic E-state index is -0.314. The van der Waals surface area contributed by atoms with Crippen molar-refractivity contribution in [1.82, 2.24) is 24.9 Å². The van der Waals surface area contributed by atoms with Gasteiger partial charge < -0.3 is 14.6 Å². The number of hydrogen-bond acceptors (Lipinski definition) is 6. The average Bonchev–Trinajstić information content (AvgIpc) is 3.40. The van der Waals surface area contributed by atoms with E-state index in [1.165, 1.54) is 12.1 Å². The summed E-state index contributed by atoms with van der Waals surface area (Å²) in [5.41, 5.74) is 1.49. The van der Waals surface area contributed by atoms with Crippen LogP contribution in [0.4, 0.5) is 10.1 Å². The zero-order valence-electron chi connectivity index (χ0n) is 14.6. The molecule has 140 valence electrons. The first-order chi connectivity index (χ1) is 13.2. The quantitative estimate of drug-likeness (QED) is 0.686. The summed E-state index contributed by atoms with van der Waals surface area (Å²) in [5, 5.41) is 15.4. The zero-order chi connectivity index (χ0) is 18.6. The highest BCUT2D eigenvalue weighted by atomic mass is 19.1. The summed E-state index contributed by atoms with van der Waals surface area (Å²) in [6.07, 6.45) is 5.17. The van der Waals surface area contributed by atoms with Crippen molar-refractivity contribution in [3.63, 3.8) is 0 Å². The summed E-state index contributed by atoms with van der Waals surface area (Å²) in [6.45, 7) is 2.51. The molecule has 4 rings (SSSR count). The zero-order valence-corrected chi connectivity index (χ0v) is 14.6. The van der Waals surface area contributed by atoms with Gasteiger partial charge in [-0.05, 0) is 30.7 Å².